The fraction of sp³-hybridized carbons (Fsp3) is 0.500. The molecule has 114 valence electrons. The van der Waals surface area contributed by atoms with Crippen molar-refractivity contribution in [3.8, 4) is 0 Å². The number of hydrogen-bond donors (Lipinski definition) is 2. The minimum atomic E-state index is -0.616. The Morgan fingerprint density at radius 3 is 2.76 bits per heavy atom. The van der Waals surface area contributed by atoms with Gasteiger partial charge in [0.05, 0.1) is 17.6 Å². The Bertz CT molecular complexity index is 527. The van der Waals surface area contributed by atoms with Crippen LogP contribution in [0.15, 0.2) is 18.2 Å². The van der Waals surface area contributed by atoms with Gasteiger partial charge in [-0.1, -0.05) is 12.8 Å². The number of nitrogens with two attached hydrogens (primary N) is 1. The molecule has 0 spiro atoms. The summed E-state index contributed by atoms with van der Waals surface area (Å²) in [5.41, 5.74) is 5.62. The summed E-state index contributed by atoms with van der Waals surface area (Å²) in [5.74, 6) is -0.616. The molecule has 0 unspecified atom stereocenters. The standard InChI is InChI=1S/C14H19N3O4/c15-14(18)10-5-6-13(17(19)20)12(9-10)16-7-8-21-11-3-1-2-4-11/h5-6,9,11,16H,1-4,7-8H2,(H2,15,18). The van der Waals surface area contributed by atoms with Crippen LogP contribution in [0.5, 0.6) is 0 Å². The van der Waals surface area contributed by atoms with E-state index in [1.54, 1.807) is 0 Å². The Morgan fingerprint density at radius 2 is 2.14 bits per heavy atom. The van der Waals surface area contributed by atoms with Crippen LogP contribution in [0, 0.1) is 10.1 Å². The summed E-state index contributed by atoms with van der Waals surface area (Å²) in [6.45, 7) is 0.919. The van der Waals surface area contributed by atoms with Crippen LogP contribution in [-0.4, -0.2) is 30.1 Å². The van der Waals surface area contributed by atoms with Crippen LogP contribution in [-0.2, 0) is 4.74 Å². The van der Waals surface area contributed by atoms with Gasteiger partial charge in [-0.05, 0) is 25.0 Å². The molecular formula is C14H19N3O4. The van der Waals surface area contributed by atoms with Crippen LogP contribution in [0.2, 0.25) is 0 Å². The van der Waals surface area contributed by atoms with Gasteiger partial charge in [0.25, 0.3) is 5.69 Å². The predicted molar refractivity (Wildman–Crippen MR) is 78.3 cm³/mol. The number of carbonyl (C=O) groups is 1. The first-order valence-corrected chi connectivity index (χ1v) is 7.01. The highest BCUT2D eigenvalue weighted by molar-refractivity contribution is 5.94. The smallest absolute Gasteiger partial charge is 0.292 e. The topological polar surface area (TPSA) is 107 Å². The van der Waals surface area contributed by atoms with Gasteiger partial charge in [0.15, 0.2) is 0 Å². The Hall–Kier alpha value is -2.15. The summed E-state index contributed by atoms with van der Waals surface area (Å²) in [5, 5.41) is 13.9. The maximum Gasteiger partial charge on any atom is 0.292 e. The van der Waals surface area contributed by atoms with E-state index in [2.05, 4.69) is 5.32 Å². The molecule has 0 radical (unpaired) electrons. The lowest BCUT2D eigenvalue weighted by atomic mass is 10.1. The lowest BCUT2D eigenvalue weighted by molar-refractivity contribution is -0.384. The Labute approximate surface area is 122 Å². The summed E-state index contributed by atoms with van der Waals surface area (Å²) in [6.07, 6.45) is 4.86. The molecule has 1 aliphatic carbocycles. The van der Waals surface area contributed by atoms with Gasteiger partial charge in [-0.15, -0.1) is 0 Å². The van der Waals surface area contributed by atoms with E-state index in [1.165, 1.54) is 31.0 Å². The van der Waals surface area contributed by atoms with Gasteiger partial charge < -0.3 is 15.8 Å². The van der Waals surface area contributed by atoms with Gasteiger partial charge in [0.1, 0.15) is 5.69 Å². The first kappa shape index (κ1) is 15.2. The molecule has 0 aliphatic heterocycles. The molecule has 0 saturated heterocycles. The Balaban J connectivity index is 1.94. The summed E-state index contributed by atoms with van der Waals surface area (Å²) in [4.78, 5) is 21.6. The molecule has 0 atom stereocenters. The zero-order chi connectivity index (χ0) is 15.2. The average molecular weight is 293 g/mol. The van der Waals surface area contributed by atoms with Gasteiger partial charge in [-0.3, -0.25) is 14.9 Å². The fourth-order valence-electron chi connectivity index (χ4n) is 2.46. The number of nitrogens with one attached hydrogen (secondary N) is 1. The third-order valence-electron chi connectivity index (χ3n) is 3.55. The number of nitrogens with zero attached hydrogens (tertiary/aromatic N) is 1. The van der Waals surface area contributed by atoms with Crippen LogP contribution in [0.1, 0.15) is 36.0 Å². The molecular weight excluding hydrogens is 274 g/mol. The molecule has 0 bridgehead atoms. The summed E-state index contributed by atoms with van der Waals surface area (Å²) < 4.78 is 5.68. The minimum Gasteiger partial charge on any atom is -0.377 e. The third kappa shape index (κ3) is 4.16. The number of carbonyl (C=O) groups excluding carboxylic acids is 1. The van der Waals surface area contributed by atoms with Crippen molar-refractivity contribution in [1.29, 1.82) is 0 Å². The maximum atomic E-state index is 11.1. The first-order valence-electron chi connectivity index (χ1n) is 7.01. The number of benzene rings is 1. The molecule has 2 rings (SSSR count). The van der Waals surface area contributed by atoms with Crippen molar-refractivity contribution in [3.63, 3.8) is 0 Å². The van der Waals surface area contributed by atoms with Gasteiger partial charge >= 0.3 is 0 Å². The molecule has 1 saturated carbocycles. The SMILES string of the molecule is NC(=O)c1ccc([N+](=O)[O-])c(NCCOC2CCCC2)c1. The fourth-order valence-corrected chi connectivity index (χ4v) is 2.46. The molecule has 1 fully saturated rings. The second-order valence-electron chi connectivity index (χ2n) is 5.06. The number of amides is 1. The molecule has 21 heavy (non-hydrogen) atoms. The van der Waals surface area contributed by atoms with E-state index in [0.717, 1.165) is 12.8 Å². The second kappa shape index (κ2) is 7.03. The highest BCUT2D eigenvalue weighted by Gasteiger charge is 2.17. The van der Waals surface area contributed by atoms with E-state index in [4.69, 9.17) is 10.5 Å². The van der Waals surface area contributed by atoms with E-state index in [9.17, 15) is 14.9 Å². The quantitative estimate of drug-likeness (QED) is 0.454. The van der Waals surface area contributed by atoms with Crippen molar-refractivity contribution in [3.05, 3.63) is 33.9 Å². The second-order valence-corrected chi connectivity index (χ2v) is 5.06. The number of rotatable bonds is 7. The molecule has 1 aromatic carbocycles. The Kier molecular flexibility index (Phi) is 5.10. The number of anilines is 1. The lowest BCUT2D eigenvalue weighted by Gasteiger charge is -2.12. The van der Waals surface area contributed by atoms with E-state index < -0.39 is 10.8 Å². The van der Waals surface area contributed by atoms with Crippen molar-refractivity contribution >= 4 is 17.3 Å². The van der Waals surface area contributed by atoms with Crippen molar-refractivity contribution < 1.29 is 14.5 Å². The summed E-state index contributed by atoms with van der Waals surface area (Å²) >= 11 is 0. The first-order chi connectivity index (χ1) is 10.1. The summed E-state index contributed by atoms with van der Waals surface area (Å²) in [7, 11) is 0. The van der Waals surface area contributed by atoms with E-state index in [0.29, 0.717) is 19.3 Å². The van der Waals surface area contributed by atoms with E-state index in [-0.39, 0.29) is 16.9 Å². The van der Waals surface area contributed by atoms with E-state index in [1.807, 2.05) is 0 Å². The highest BCUT2D eigenvalue weighted by atomic mass is 16.6. The van der Waals surface area contributed by atoms with Crippen molar-refractivity contribution in [2.75, 3.05) is 18.5 Å². The molecule has 7 nitrogen and oxygen atoms in total. The number of ether oxygens (including phenoxy) is 1. The molecule has 1 aromatic rings. The summed E-state index contributed by atoms with van der Waals surface area (Å²) in [6, 6.07) is 4.02. The molecule has 1 aliphatic rings. The third-order valence-corrected chi connectivity index (χ3v) is 3.55. The van der Waals surface area contributed by atoms with Crippen molar-refractivity contribution in [1.82, 2.24) is 0 Å². The average Bonchev–Trinajstić information content (AvgIpc) is 2.96. The van der Waals surface area contributed by atoms with Crippen LogP contribution in [0.25, 0.3) is 0 Å². The monoisotopic (exact) mass is 293 g/mol. The lowest BCUT2D eigenvalue weighted by Crippen LogP contribution is -2.17. The zero-order valence-corrected chi connectivity index (χ0v) is 11.7. The van der Waals surface area contributed by atoms with Crippen LogP contribution in [0.3, 0.4) is 0 Å². The van der Waals surface area contributed by atoms with Crippen LogP contribution >= 0.6 is 0 Å². The van der Waals surface area contributed by atoms with Crippen molar-refractivity contribution in [2.45, 2.75) is 31.8 Å². The normalized spacial score (nSPS) is 15.0. The Morgan fingerprint density at radius 1 is 1.43 bits per heavy atom. The van der Waals surface area contributed by atoms with Gasteiger partial charge in [-0.25, -0.2) is 0 Å². The molecule has 1 amide bonds. The molecule has 3 N–H and O–H groups in total. The number of primary amides is 1. The van der Waals surface area contributed by atoms with Crippen LogP contribution < -0.4 is 11.1 Å². The van der Waals surface area contributed by atoms with Crippen molar-refractivity contribution in [2.24, 2.45) is 5.73 Å². The largest absolute Gasteiger partial charge is 0.377 e. The number of hydrogen-bond acceptors (Lipinski definition) is 5. The minimum absolute atomic E-state index is 0.0825. The highest BCUT2D eigenvalue weighted by Crippen LogP contribution is 2.25. The van der Waals surface area contributed by atoms with Gasteiger partial charge in [0.2, 0.25) is 5.91 Å². The number of nitro groups is 1. The number of nitro benzene ring substituents is 1. The molecule has 0 heterocycles. The zero-order valence-electron chi connectivity index (χ0n) is 11.7. The van der Waals surface area contributed by atoms with Gasteiger partial charge in [-0.2, -0.15) is 0 Å². The predicted octanol–water partition coefficient (Wildman–Crippen LogP) is 2.06. The maximum absolute atomic E-state index is 11.1. The van der Waals surface area contributed by atoms with E-state index >= 15 is 0 Å². The van der Waals surface area contributed by atoms with Crippen LogP contribution in [0.4, 0.5) is 11.4 Å². The molecule has 7 heteroatoms. The molecule has 0 aromatic heterocycles. The van der Waals surface area contributed by atoms with Gasteiger partial charge in [0, 0.05) is 18.2 Å².